The maximum absolute atomic E-state index is 3.82. The van der Waals surface area contributed by atoms with E-state index in [0.717, 1.165) is 10.7 Å². The second-order valence-electron chi connectivity index (χ2n) is 6.66. The fraction of sp³-hybridized carbons (Fsp3) is 0.167. The van der Waals surface area contributed by atoms with Gasteiger partial charge < -0.3 is 0 Å². The van der Waals surface area contributed by atoms with Crippen molar-refractivity contribution in [2.45, 2.75) is 11.8 Å². The number of fused-ring (bicyclic) bond motifs is 2. The fourth-order valence-corrected chi connectivity index (χ4v) is 5.56. The van der Waals surface area contributed by atoms with E-state index < -0.39 is 0 Å². The van der Waals surface area contributed by atoms with Crippen LogP contribution in [0, 0.1) is 0 Å². The summed E-state index contributed by atoms with van der Waals surface area (Å²) in [4.78, 5) is 0. The number of benzene rings is 4. The first-order valence-corrected chi connectivity index (χ1v) is 11.1. The molecule has 0 radical (unpaired) electrons. The summed E-state index contributed by atoms with van der Waals surface area (Å²) >= 11 is 7.64. The number of hydrogen-bond acceptors (Lipinski definition) is 0. The highest BCUT2D eigenvalue weighted by Crippen LogP contribution is 2.41. The number of alkyl halides is 2. The van der Waals surface area contributed by atoms with E-state index in [-0.39, 0.29) is 0 Å². The highest BCUT2D eigenvalue weighted by Gasteiger charge is 2.25. The van der Waals surface area contributed by atoms with Crippen molar-refractivity contribution in [2.75, 3.05) is 10.7 Å². The molecule has 0 aliphatic carbocycles. The van der Waals surface area contributed by atoms with Gasteiger partial charge in [-0.2, -0.15) is 0 Å². The molecule has 4 aromatic carbocycles. The van der Waals surface area contributed by atoms with Crippen molar-refractivity contribution >= 4 is 53.4 Å². The molecule has 130 valence electrons. The standard InChI is InChI=1S/C24H20Br2/c25-15-23(21-13-5-9-17-7-1-3-11-19(17)21)24(16-26)22-14-6-10-18-8-2-4-12-20(18)22/h1-14,23-24H,15-16H2/t23-,24-/m0/s1. The van der Waals surface area contributed by atoms with Gasteiger partial charge >= 0.3 is 0 Å². The Morgan fingerprint density at radius 1 is 0.500 bits per heavy atom. The van der Waals surface area contributed by atoms with Gasteiger partial charge in [-0.25, -0.2) is 0 Å². The molecule has 4 aromatic rings. The molecule has 0 saturated carbocycles. The van der Waals surface area contributed by atoms with E-state index in [1.54, 1.807) is 0 Å². The van der Waals surface area contributed by atoms with E-state index in [1.165, 1.54) is 32.7 Å². The van der Waals surface area contributed by atoms with Gasteiger partial charge in [-0.15, -0.1) is 0 Å². The molecule has 0 spiro atoms. The normalized spacial score (nSPS) is 13.8. The van der Waals surface area contributed by atoms with Crippen LogP contribution in [0.2, 0.25) is 0 Å². The lowest BCUT2D eigenvalue weighted by atomic mass is 9.80. The Morgan fingerprint density at radius 2 is 0.885 bits per heavy atom. The van der Waals surface area contributed by atoms with Crippen LogP contribution in [0.25, 0.3) is 21.5 Å². The van der Waals surface area contributed by atoms with Gasteiger partial charge in [0.15, 0.2) is 0 Å². The molecule has 4 rings (SSSR count). The highest BCUT2D eigenvalue weighted by atomic mass is 79.9. The zero-order chi connectivity index (χ0) is 17.9. The lowest BCUT2D eigenvalue weighted by Gasteiger charge is -2.27. The molecule has 0 aliphatic rings. The van der Waals surface area contributed by atoms with E-state index in [0.29, 0.717) is 11.8 Å². The average Bonchev–Trinajstić information content (AvgIpc) is 2.71. The van der Waals surface area contributed by atoms with E-state index in [4.69, 9.17) is 0 Å². The van der Waals surface area contributed by atoms with Crippen LogP contribution in [0.15, 0.2) is 84.9 Å². The predicted octanol–water partition coefficient (Wildman–Crippen LogP) is 7.65. The average molecular weight is 468 g/mol. The van der Waals surface area contributed by atoms with Crippen molar-refractivity contribution in [2.24, 2.45) is 0 Å². The van der Waals surface area contributed by atoms with Gasteiger partial charge in [-0.05, 0) is 32.7 Å². The third-order valence-electron chi connectivity index (χ3n) is 5.26. The number of halogens is 2. The Kier molecular flexibility index (Phi) is 5.42. The molecular formula is C24H20Br2. The molecule has 0 N–H and O–H groups in total. The summed E-state index contributed by atoms with van der Waals surface area (Å²) in [6, 6.07) is 30.7. The monoisotopic (exact) mass is 466 g/mol. The smallest absolute Gasteiger partial charge is 0.0107 e. The Morgan fingerprint density at radius 3 is 1.31 bits per heavy atom. The molecule has 0 nitrogen and oxygen atoms in total. The predicted molar refractivity (Wildman–Crippen MR) is 121 cm³/mol. The second-order valence-corrected chi connectivity index (χ2v) is 7.95. The fourth-order valence-electron chi connectivity index (χ4n) is 3.96. The lowest BCUT2D eigenvalue weighted by molar-refractivity contribution is 0.655. The molecule has 2 heteroatoms. The van der Waals surface area contributed by atoms with E-state index in [9.17, 15) is 0 Å². The number of rotatable bonds is 5. The van der Waals surface area contributed by atoms with Gasteiger partial charge in [0.05, 0.1) is 0 Å². The minimum Gasteiger partial charge on any atom is -0.0921 e. The molecule has 2 atom stereocenters. The van der Waals surface area contributed by atoms with Gasteiger partial charge in [-0.3, -0.25) is 0 Å². The molecule has 0 aliphatic heterocycles. The Balaban J connectivity index is 1.88. The molecule has 0 unspecified atom stereocenters. The summed E-state index contributed by atoms with van der Waals surface area (Å²) in [5.74, 6) is 0.789. The first-order valence-electron chi connectivity index (χ1n) is 8.90. The largest absolute Gasteiger partial charge is 0.0921 e. The summed E-state index contributed by atoms with van der Waals surface area (Å²) in [6.45, 7) is 0. The maximum Gasteiger partial charge on any atom is 0.0107 e. The second kappa shape index (κ2) is 7.94. The van der Waals surface area contributed by atoms with Crippen molar-refractivity contribution in [1.29, 1.82) is 0 Å². The molecule has 0 aromatic heterocycles. The van der Waals surface area contributed by atoms with Gasteiger partial charge in [0, 0.05) is 22.5 Å². The summed E-state index contributed by atoms with van der Waals surface area (Å²) in [5.41, 5.74) is 2.83. The topological polar surface area (TPSA) is 0 Å². The summed E-state index contributed by atoms with van der Waals surface area (Å²) in [7, 11) is 0. The van der Waals surface area contributed by atoms with E-state index >= 15 is 0 Å². The Bertz CT molecular complexity index is 942. The van der Waals surface area contributed by atoms with Crippen LogP contribution in [0.4, 0.5) is 0 Å². The van der Waals surface area contributed by atoms with Gasteiger partial charge in [0.25, 0.3) is 0 Å². The van der Waals surface area contributed by atoms with E-state index in [2.05, 4.69) is 117 Å². The molecule has 26 heavy (non-hydrogen) atoms. The molecule has 0 fully saturated rings. The SMILES string of the molecule is BrC[C@@H](c1cccc2ccccc12)[C@@H](CBr)c1cccc2ccccc12. The van der Waals surface area contributed by atoms with Crippen LogP contribution in [0.1, 0.15) is 23.0 Å². The van der Waals surface area contributed by atoms with Crippen molar-refractivity contribution < 1.29 is 0 Å². The minimum absolute atomic E-state index is 0.395. The van der Waals surface area contributed by atoms with Crippen molar-refractivity contribution in [3.63, 3.8) is 0 Å². The van der Waals surface area contributed by atoms with Crippen molar-refractivity contribution in [1.82, 2.24) is 0 Å². The Labute approximate surface area is 171 Å². The van der Waals surface area contributed by atoms with Gasteiger partial charge in [0.2, 0.25) is 0 Å². The summed E-state index contributed by atoms with van der Waals surface area (Å²) in [6.07, 6.45) is 0. The third-order valence-corrected chi connectivity index (χ3v) is 6.66. The van der Waals surface area contributed by atoms with Crippen LogP contribution >= 0.6 is 31.9 Å². The molecule has 0 amide bonds. The van der Waals surface area contributed by atoms with Crippen molar-refractivity contribution in [3.8, 4) is 0 Å². The first kappa shape index (κ1) is 17.8. The van der Waals surface area contributed by atoms with Crippen LogP contribution in [0.5, 0.6) is 0 Å². The molecule has 0 bridgehead atoms. The number of hydrogen-bond donors (Lipinski definition) is 0. The highest BCUT2D eigenvalue weighted by molar-refractivity contribution is 9.09. The molecular weight excluding hydrogens is 448 g/mol. The summed E-state index contributed by atoms with van der Waals surface area (Å²) in [5, 5.41) is 7.18. The van der Waals surface area contributed by atoms with Crippen molar-refractivity contribution in [3.05, 3.63) is 96.1 Å². The first-order chi connectivity index (χ1) is 12.8. The molecule has 0 heterocycles. The Hall–Kier alpha value is -1.64. The zero-order valence-corrected chi connectivity index (χ0v) is 17.6. The van der Waals surface area contributed by atoms with Gasteiger partial charge in [-0.1, -0.05) is 117 Å². The van der Waals surface area contributed by atoms with Crippen LogP contribution < -0.4 is 0 Å². The molecule has 0 saturated heterocycles. The summed E-state index contributed by atoms with van der Waals surface area (Å²) < 4.78 is 0. The quantitative estimate of drug-likeness (QED) is 0.264. The minimum atomic E-state index is 0.395. The van der Waals surface area contributed by atoms with Crippen LogP contribution in [-0.4, -0.2) is 10.7 Å². The zero-order valence-electron chi connectivity index (χ0n) is 14.4. The van der Waals surface area contributed by atoms with Gasteiger partial charge in [0.1, 0.15) is 0 Å². The van der Waals surface area contributed by atoms with Crippen LogP contribution in [0.3, 0.4) is 0 Å². The van der Waals surface area contributed by atoms with Crippen LogP contribution in [-0.2, 0) is 0 Å². The van der Waals surface area contributed by atoms with E-state index in [1.807, 2.05) is 0 Å². The third kappa shape index (κ3) is 3.21. The lowest BCUT2D eigenvalue weighted by Crippen LogP contribution is -2.15. The maximum atomic E-state index is 3.82.